The van der Waals surface area contributed by atoms with Crippen LogP contribution in [0.2, 0.25) is 0 Å². The third-order valence-electron chi connectivity index (χ3n) is 16.0. The Kier molecular flexibility index (Phi) is 10.5. The number of anilines is 6. The van der Waals surface area contributed by atoms with E-state index in [0.717, 1.165) is 17.1 Å². The molecule has 12 rings (SSSR count). The zero-order chi connectivity index (χ0) is 50.6. The molecule has 3 heterocycles. The monoisotopic (exact) mass is 1070 g/mol. The second kappa shape index (κ2) is 16.2. The zero-order valence-corrected chi connectivity index (χ0v) is 47.0. The summed E-state index contributed by atoms with van der Waals surface area (Å²) in [6.07, 6.45) is 0. The second-order valence-electron chi connectivity index (χ2n) is 24.1. The van der Waals surface area contributed by atoms with Gasteiger partial charge in [-0.05, 0) is 157 Å². The summed E-state index contributed by atoms with van der Waals surface area (Å²) >= 11 is 4.56. The number of hydrogen-bond donors (Lipinski definition) is 0. The molecule has 0 saturated heterocycles. The van der Waals surface area contributed by atoms with E-state index in [4.69, 9.17) is 0 Å². The van der Waals surface area contributed by atoms with E-state index in [1.807, 2.05) is 11.3 Å². The van der Waals surface area contributed by atoms with Gasteiger partial charge in [-0.3, -0.25) is 0 Å². The lowest BCUT2D eigenvalue weighted by molar-refractivity contribution is 0.589. The molecule has 11 aromatic rings. The largest absolute Gasteiger partial charge is 0.309 e. The Hall–Kier alpha value is -6.15. The van der Waals surface area contributed by atoms with Gasteiger partial charge in [0.15, 0.2) is 0 Å². The number of rotatable bonds is 6. The molecule has 0 bridgehead atoms. The van der Waals surface area contributed by atoms with Gasteiger partial charge < -0.3 is 14.2 Å². The zero-order valence-electron chi connectivity index (χ0n) is 44.1. The maximum absolute atomic E-state index is 2.65. The number of halogens is 1. The van der Waals surface area contributed by atoms with Crippen molar-refractivity contribution >= 4 is 116 Å². The number of thiophene rings is 1. The Labute approximate surface area is 443 Å². The van der Waals surface area contributed by atoms with Crippen molar-refractivity contribution in [2.75, 3.05) is 9.80 Å². The van der Waals surface area contributed by atoms with Crippen LogP contribution < -0.4 is 9.80 Å². The lowest BCUT2D eigenvalue weighted by atomic mass is 9.82. The van der Waals surface area contributed by atoms with Crippen molar-refractivity contribution < 1.29 is 0 Å². The van der Waals surface area contributed by atoms with Crippen molar-refractivity contribution in [2.24, 2.45) is 0 Å². The summed E-state index contributed by atoms with van der Waals surface area (Å²) in [4.78, 5) is 5.22. The molecule has 0 spiro atoms. The molecule has 360 valence electrons. The van der Waals surface area contributed by atoms with E-state index >= 15 is 0 Å². The summed E-state index contributed by atoms with van der Waals surface area (Å²) in [5.74, 6) is 0. The Morgan fingerprint density at radius 1 is 0.486 bits per heavy atom. The third-order valence-corrected chi connectivity index (χ3v) is 18.1. The van der Waals surface area contributed by atoms with Crippen LogP contribution in [0.4, 0.5) is 34.1 Å². The molecule has 1 aliphatic carbocycles. The van der Waals surface area contributed by atoms with Crippen LogP contribution in [0.25, 0.3) is 59.3 Å². The van der Waals surface area contributed by atoms with Gasteiger partial charge in [-0.2, -0.15) is 0 Å². The second-order valence-corrected chi connectivity index (χ2v) is 27.0. The normalized spacial score (nSPS) is 13.8. The molecular weight excluding hydrogens is 1010 g/mol. The summed E-state index contributed by atoms with van der Waals surface area (Å²) in [5, 5.41) is 6.35. The Balaban J connectivity index is 1.24. The molecule has 0 radical (unpaired) electrons. The standard InChI is InChI=1S/C67H64IN3S/c1-39-35-43(66(9,10)11)29-34-54(39)69(44-30-25-41(26-31-44)64(3,4)5)60-40(2)56(38-57-59(60)49-22-18-21-48-47-20-15-17-24-55(47)71(57)61(48)49)70(45-32-27-42(28-33-45)65(6,7)8)62-51-36-50-46-19-14-16-23-52(46)67(12,13)53(50)37-58(51)72-63(62)68/h14-38H,1-13H3. The highest BCUT2D eigenvalue weighted by Crippen LogP contribution is 2.57. The molecular formula is C67H64IN3S. The summed E-state index contributed by atoms with van der Waals surface area (Å²) in [7, 11) is 0. The van der Waals surface area contributed by atoms with Crippen molar-refractivity contribution in [1.29, 1.82) is 0 Å². The molecule has 0 atom stereocenters. The van der Waals surface area contributed by atoms with E-state index in [9.17, 15) is 0 Å². The highest BCUT2D eigenvalue weighted by atomic mass is 127. The maximum Gasteiger partial charge on any atom is 0.0906 e. The van der Waals surface area contributed by atoms with E-state index in [1.54, 1.807) is 0 Å². The first-order valence-electron chi connectivity index (χ1n) is 25.6. The fraction of sp³-hybridized carbons (Fsp3) is 0.254. The summed E-state index contributed by atoms with van der Waals surface area (Å²) in [6, 6.07) is 58.6. The number of benzene rings is 8. The molecule has 0 N–H and O–H groups in total. The van der Waals surface area contributed by atoms with Crippen molar-refractivity contribution in [1.82, 2.24) is 4.40 Å². The Morgan fingerprint density at radius 3 is 1.69 bits per heavy atom. The maximum atomic E-state index is 2.65. The fourth-order valence-electron chi connectivity index (χ4n) is 12.0. The molecule has 72 heavy (non-hydrogen) atoms. The highest BCUT2D eigenvalue weighted by Gasteiger charge is 2.37. The first kappa shape index (κ1) is 46.9. The molecule has 3 aromatic heterocycles. The molecule has 0 fully saturated rings. The molecule has 0 aliphatic heterocycles. The molecule has 8 aromatic carbocycles. The first-order valence-corrected chi connectivity index (χ1v) is 27.5. The Bertz CT molecular complexity index is 3980. The number of nitrogens with zero attached hydrogens (tertiary/aromatic N) is 3. The van der Waals surface area contributed by atoms with Crippen molar-refractivity contribution in [3.63, 3.8) is 0 Å². The van der Waals surface area contributed by atoms with Gasteiger partial charge >= 0.3 is 0 Å². The van der Waals surface area contributed by atoms with Crippen LogP contribution in [0.15, 0.2) is 152 Å². The lowest BCUT2D eigenvalue weighted by Crippen LogP contribution is -2.19. The van der Waals surface area contributed by atoms with Crippen LogP contribution >= 0.6 is 33.9 Å². The minimum absolute atomic E-state index is 0.000330. The lowest BCUT2D eigenvalue weighted by Gasteiger charge is -2.34. The van der Waals surface area contributed by atoms with Gasteiger partial charge in [0.2, 0.25) is 0 Å². The number of para-hydroxylation sites is 2. The third kappa shape index (κ3) is 7.07. The van der Waals surface area contributed by atoms with Gasteiger partial charge in [0, 0.05) is 54.1 Å². The van der Waals surface area contributed by atoms with Gasteiger partial charge in [-0.1, -0.05) is 173 Å². The smallest absolute Gasteiger partial charge is 0.0906 e. The predicted octanol–water partition coefficient (Wildman–Crippen LogP) is 20.4. The molecule has 0 saturated carbocycles. The topological polar surface area (TPSA) is 10.9 Å². The van der Waals surface area contributed by atoms with Gasteiger partial charge in [0.25, 0.3) is 0 Å². The van der Waals surface area contributed by atoms with E-state index in [1.165, 1.54) is 118 Å². The fourth-order valence-corrected chi connectivity index (χ4v) is 14.2. The SMILES string of the molecule is Cc1cc(C(C)(C)C)ccc1N(c1ccc(C(C)(C)C)cc1)c1c(C)c(N(c2ccc(C(C)(C)C)cc2)c2c(I)sc3cc4c(cc23)-c2ccccc2C4(C)C)cc2c1c1cccc3c4ccccc4n2c31. The number of aryl methyl sites for hydroxylation is 1. The predicted molar refractivity (Wildman–Crippen MR) is 322 cm³/mol. The van der Waals surface area contributed by atoms with E-state index < -0.39 is 0 Å². The molecule has 1 aliphatic rings. The van der Waals surface area contributed by atoms with Gasteiger partial charge in [-0.25, -0.2) is 0 Å². The molecule has 0 amide bonds. The van der Waals surface area contributed by atoms with E-state index in [-0.39, 0.29) is 21.7 Å². The molecule has 3 nitrogen and oxygen atoms in total. The summed E-state index contributed by atoms with van der Waals surface area (Å²) in [6.45, 7) is 30.3. The minimum Gasteiger partial charge on any atom is -0.309 e. The van der Waals surface area contributed by atoms with Crippen LogP contribution in [0.1, 0.15) is 115 Å². The van der Waals surface area contributed by atoms with Crippen LogP contribution in [0.3, 0.4) is 0 Å². The highest BCUT2D eigenvalue weighted by molar-refractivity contribution is 14.1. The van der Waals surface area contributed by atoms with E-state index in [2.05, 4.69) is 278 Å². The molecule has 5 heteroatoms. The number of hydrogen-bond acceptors (Lipinski definition) is 3. The van der Waals surface area contributed by atoms with Crippen LogP contribution in [0, 0.1) is 16.7 Å². The first-order chi connectivity index (χ1) is 34.1. The quantitative estimate of drug-likeness (QED) is 0.154. The van der Waals surface area contributed by atoms with Crippen LogP contribution in [-0.4, -0.2) is 4.40 Å². The summed E-state index contributed by atoms with van der Waals surface area (Å²) < 4.78 is 5.14. The number of fused-ring (bicyclic) bond motifs is 10. The average molecular weight is 1070 g/mol. The van der Waals surface area contributed by atoms with Crippen molar-refractivity contribution in [2.45, 2.75) is 112 Å². The van der Waals surface area contributed by atoms with Gasteiger partial charge in [0.05, 0.1) is 36.5 Å². The summed E-state index contributed by atoms with van der Waals surface area (Å²) in [5.41, 5.74) is 22.5. The van der Waals surface area contributed by atoms with Crippen LogP contribution in [0.5, 0.6) is 0 Å². The minimum atomic E-state index is -0.0959. The van der Waals surface area contributed by atoms with E-state index in [0.29, 0.717) is 0 Å². The van der Waals surface area contributed by atoms with Crippen LogP contribution in [-0.2, 0) is 21.7 Å². The number of aromatic nitrogens is 1. The van der Waals surface area contributed by atoms with Crippen molar-refractivity contribution in [3.8, 4) is 11.1 Å². The average Bonchev–Trinajstić information content (AvgIpc) is 4.03. The van der Waals surface area contributed by atoms with Gasteiger partial charge in [0.1, 0.15) is 0 Å². The van der Waals surface area contributed by atoms with Gasteiger partial charge in [-0.15, -0.1) is 11.3 Å². The molecule has 0 unspecified atom stereocenters. The van der Waals surface area contributed by atoms with Crippen molar-refractivity contribution in [3.05, 3.63) is 193 Å². The Morgan fingerprint density at radius 2 is 1.06 bits per heavy atom.